The fourth-order valence-corrected chi connectivity index (χ4v) is 3.00. The number of nitrogens with zero attached hydrogens (tertiary/aromatic N) is 1. The van der Waals surface area contributed by atoms with Gasteiger partial charge in [-0.25, -0.2) is 4.98 Å². The van der Waals surface area contributed by atoms with E-state index in [9.17, 15) is 0 Å². The van der Waals surface area contributed by atoms with E-state index in [4.69, 9.17) is 4.98 Å². The van der Waals surface area contributed by atoms with Gasteiger partial charge in [0.25, 0.3) is 0 Å². The summed E-state index contributed by atoms with van der Waals surface area (Å²) in [6.45, 7) is 3.09. The van der Waals surface area contributed by atoms with Crippen LogP contribution in [-0.4, -0.2) is 16.5 Å². The molecular weight excluding hydrogens is 258 g/mol. The number of rotatable bonds is 2. The first kappa shape index (κ1) is 12.2. The van der Waals surface area contributed by atoms with Crippen molar-refractivity contribution in [1.29, 1.82) is 0 Å². The van der Waals surface area contributed by atoms with Crippen molar-refractivity contribution in [3.8, 4) is 22.6 Å². The summed E-state index contributed by atoms with van der Waals surface area (Å²) in [4.78, 5) is 8.27. The third-order valence-electron chi connectivity index (χ3n) is 4.03. The second kappa shape index (κ2) is 4.77. The molecule has 1 aliphatic heterocycles. The van der Waals surface area contributed by atoms with Gasteiger partial charge in [0.2, 0.25) is 0 Å². The number of nitrogens with one attached hydrogen (secondary N) is 2. The average Bonchev–Trinajstić information content (AvgIpc) is 3.14. The van der Waals surface area contributed by atoms with Gasteiger partial charge in [0.05, 0.1) is 5.69 Å². The van der Waals surface area contributed by atoms with Crippen LogP contribution in [-0.2, 0) is 6.42 Å². The number of hydrogen-bond donors (Lipinski definition) is 2. The van der Waals surface area contributed by atoms with Crippen molar-refractivity contribution in [3.05, 3.63) is 59.8 Å². The third-order valence-corrected chi connectivity index (χ3v) is 4.03. The van der Waals surface area contributed by atoms with E-state index in [1.54, 1.807) is 0 Å². The topological polar surface area (TPSA) is 40.7 Å². The Kier molecular flexibility index (Phi) is 2.78. The number of para-hydroxylation sites is 1. The summed E-state index contributed by atoms with van der Waals surface area (Å²) < 4.78 is 0. The smallest absolute Gasteiger partial charge is 0.140 e. The average molecular weight is 275 g/mol. The molecule has 3 nitrogen and oxygen atoms in total. The van der Waals surface area contributed by atoms with Crippen LogP contribution in [0.15, 0.2) is 48.5 Å². The van der Waals surface area contributed by atoms with Crippen molar-refractivity contribution in [2.24, 2.45) is 0 Å². The lowest BCUT2D eigenvalue weighted by atomic mass is 10.1. The van der Waals surface area contributed by atoms with Gasteiger partial charge in [0, 0.05) is 29.1 Å². The zero-order chi connectivity index (χ0) is 14.2. The van der Waals surface area contributed by atoms with Gasteiger partial charge >= 0.3 is 0 Å². The van der Waals surface area contributed by atoms with Crippen LogP contribution in [0, 0.1) is 6.92 Å². The maximum absolute atomic E-state index is 4.83. The number of hydrogen-bond acceptors (Lipinski definition) is 2. The molecule has 1 aromatic heterocycles. The summed E-state index contributed by atoms with van der Waals surface area (Å²) in [7, 11) is 0. The third kappa shape index (κ3) is 2.02. The van der Waals surface area contributed by atoms with Crippen molar-refractivity contribution in [2.75, 3.05) is 11.9 Å². The normalized spacial score (nSPS) is 13.0. The molecule has 21 heavy (non-hydrogen) atoms. The number of benzene rings is 2. The predicted molar refractivity (Wildman–Crippen MR) is 86.4 cm³/mol. The molecule has 0 saturated heterocycles. The number of imidazole rings is 1. The number of aromatic amines is 1. The molecule has 0 amide bonds. The number of fused-ring (bicyclic) bond motifs is 1. The van der Waals surface area contributed by atoms with E-state index in [-0.39, 0.29) is 0 Å². The van der Waals surface area contributed by atoms with Gasteiger partial charge in [-0.15, -0.1) is 0 Å². The first-order valence-electron chi connectivity index (χ1n) is 7.31. The van der Waals surface area contributed by atoms with Gasteiger partial charge in [-0.05, 0) is 25.0 Å². The molecule has 3 heteroatoms. The monoisotopic (exact) mass is 275 g/mol. The molecule has 3 aromatic rings. The van der Waals surface area contributed by atoms with E-state index in [1.165, 1.54) is 11.3 Å². The largest absolute Gasteiger partial charge is 0.384 e. The minimum absolute atomic E-state index is 0.942. The molecule has 2 heterocycles. The minimum Gasteiger partial charge on any atom is -0.384 e. The summed E-state index contributed by atoms with van der Waals surface area (Å²) in [6.07, 6.45) is 1.09. The highest BCUT2D eigenvalue weighted by Crippen LogP contribution is 2.34. The first-order valence-corrected chi connectivity index (χ1v) is 7.31. The van der Waals surface area contributed by atoms with Crippen molar-refractivity contribution < 1.29 is 0 Å². The Morgan fingerprint density at radius 1 is 1.00 bits per heavy atom. The Bertz CT molecular complexity index is 787. The second-order valence-electron chi connectivity index (χ2n) is 5.44. The molecule has 0 bridgehead atoms. The molecule has 0 spiro atoms. The summed E-state index contributed by atoms with van der Waals surface area (Å²) in [5, 5.41) is 3.48. The highest BCUT2D eigenvalue weighted by atomic mass is 15.0. The molecule has 0 aliphatic carbocycles. The lowest BCUT2D eigenvalue weighted by Crippen LogP contribution is -1.94. The lowest BCUT2D eigenvalue weighted by Gasteiger charge is -2.05. The molecule has 0 unspecified atom stereocenters. The van der Waals surface area contributed by atoms with E-state index in [1.807, 2.05) is 18.2 Å². The lowest BCUT2D eigenvalue weighted by molar-refractivity contribution is 1.11. The van der Waals surface area contributed by atoms with Crippen molar-refractivity contribution in [1.82, 2.24) is 9.97 Å². The van der Waals surface area contributed by atoms with Crippen LogP contribution in [0.25, 0.3) is 22.6 Å². The van der Waals surface area contributed by atoms with Crippen LogP contribution in [0.4, 0.5) is 5.69 Å². The standard InChI is InChI=1S/C18H17N3/c1-12-16(13-6-3-2-4-7-13)21-18(20-12)15-9-5-8-14-10-11-19-17(14)15/h2-9,19H,10-11H2,1H3,(H,20,21). The minimum atomic E-state index is 0.942. The number of anilines is 1. The van der Waals surface area contributed by atoms with Crippen LogP contribution in [0.3, 0.4) is 0 Å². The van der Waals surface area contributed by atoms with E-state index in [0.717, 1.165) is 41.3 Å². The van der Waals surface area contributed by atoms with Gasteiger partial charge in [0.15, 0.2) is 0 Å². The maximum Gasteiger partial charge on any atom is 0.140 e. The zero-order valence-corrected chi connectivity index (χ0v) is 12.0. The molecule has 0 fully saturated rings. The van der Waals surface area contributed by atoms with Crippen LogP contribution >= 0.6 is 0 Å². The van der Waals surface area contributed by atoms with Crippen LogP contribution in [0.5, 0.6) is 0 Å². The number of H-pyrrole nitrogens is 1. The quantitative estimate of drug-likeness (QED) is 0.741. The molecule has 1 aliphatic rings. The molecule has 0 saturated carbocycles. The van der Waals surface area contributed by atoms with Crippen LogP contribution in [0.2, 0.25) is 0 Å². The fraction of sp³-hybridized carbons (Fsp3) is 0.167. The molecule has 2 N–H and O–H groups in total. The molecule has 4 rings (SSSR count). The second-order valence-corrected chi connectivity index (χ2v) is 5.44. The van der Waals surface area contributed by atoms with Crippen LogP contribution < -0.4 is 5.32 Å². The molecular formula is C18H17N3. The van der Waals surface area contributed by atoms with Crippen molar-refractivity contribution in [3.63, 3.8) is 0 Å². The SMILES string of the molecule is Cc1[nH]c(-c2cccc3c2NCC3)nc1-c1ccccc1. The zero-order valence-electron chi connectivity index (χ0n) is 12.0. The predicted octanol–water partition coefficient (Wildman–Crippen LogP) is 4.02. The van der Waals surface area contributed by atoms with Gasteiger partial charge < -0.3 is 10.3 Å². The van der Waals surface area contributed by atoms with E-state index in [2.05, 4.69) is 47.6 Å². The number of aryl methyl sites for hydroxylation is 1. The fourth-order valence-electron chi connectivity index (χ4n) is 3.00. The van der Waals surface area contributed by atoms with E-state index < -0.39 is 0 Å². The van der Waals surface area contributed by atoms with E-state index >= 15 is 0 Å². The van der Waals surface area contributed by atoms with E-state index in [0.29, 0.717) is 0 Å². The summed E-state index contributed by atoms with van der Waals surface area (Å²) >= 11 is 0. The van der Waals surface area contributed by atoms with Gasteiger partial charge in [-0.1, -0.05) is 42.5 Å². The van der Waals surface area contributed by atoms with Gasteiger partial charge in [-0.2, -0.15) is 0 Å². The molecule has 2 aromatic carbocycles. The molecule has 104 valence electrons. The Labute approximate surface area is 124 Å². The maximum atomic E-state index is 4.83. The Hall–Kier alpha value is -2.55. The first-order chi connectivity index (χ1) is 10.3. The molecule has 0 radical (unpaired) electrons. The van der Waals surface area contributed by atoms with Gasteiger partial charge in [-0.3, -0.25) is 0 Å². The Morgan fingerprint density at radius 2 is 1.86 bits per heavy atom. The Morgan fingerprint density at radius 3 is 2.71 bits per heavy atom. The molecule has 0 atom stereocenters. The summed E-state index contributed by atoms with van der Waals surface area (Å²) in [5.74, 6) is 0.942. The summed E-state index contributed by atoms with van der Waals surface area (Å²) in [5.41, 5.74) is 7.05. The van der Waals surface area contributed by atoms with Crippen molar-refractivity contribution >= 4 is 5.69 Å². The highest BCUT2D eigenvalue weighted by molar-refractivity contribution is 5.80. The van der Waals surface area contributed by atoms with Gasteiger partial charge in [0.1, 0.15) is 5.82 Å². The Balaban J connectivity index is 1.83. The van der Waals surface area contributed by atoms with Crippen molar-refractivity contribution in [2.45, 2.75) is 13.3 Å². The van der Waals surface area contributed by atoms with Crippen LogP contribution in [0.1, 0.15) is 11.3 Å². The number of aromatic nitrogens is 2. The summed E-state index contributed by atoms with van der Waals surface area (Å²) in [6, 6.07) is 16.7. The highest BCUT2D eigenvalue weighted by Gasteiger charge is 2.18.